The molecule has 4 heterocycles. The number of hydrogen-bond donors (Lipinski definition) is 2. The Labute approximate surface area is 305 Å². The van der Waals surface area contributed by atoms with Crippen molar-refractivity contribution < 1.29 is 41.8 Å². The molecule has 0 aliphatic carbocycles. The first-order valence-corrected chi connectivity index (χ1v) is 17.9. The summed E-state index contributed by atoms with van der Waals surface area (Å²) < 4.78 is 57.6. The van der Waals surface area contributed by atoms with Crippen molar-refractivity contribution in [3.8, 4) is 11.3 Å². The highest BCUT2D eigenvalue weighted by Gasteiger charge is 2.40. The Morgan fingerprint density at radius 3 is 2.53 bits per heavy atom. The van der Waals surface area contributed by atoms with Crippen molar-refractivity contribution >= 4 is 23.8 Å². The number of rotatable bonds is 15. The van der Waals surface area contributed by atoms with Crippen molar-refractivity contribution in [3.05, 3.63) is 89.9 Å². The highest BCUT2D eigenvalue weighted by atomic mass is 19.1. The molecule has 282 valence electrons. The number of carbonyl (C=O) groups is 4. The van der Waals surface area contributed by atoms with Gasteiger partial charge in [0.25, 0.3) is 11.8 Å². The van der Waals surface area contributed by atoms with Gasteiger partial charge in [-0.2, -0.15) is 0 Å². The number of nitrogens with one attached hydrogen (secondary N) is 2. The molecule has 0 radical (unpaired) electrons. The van der Waals surface area contributed by atoms with E-state index in [9.17, 15) is 23.6 Å². The molecule has 2 aromatic carbocycles. The van der Waals surface area contributed by atoms with Crippen molar-refractivity contribution in [1.82, 2.24) is 30.0 Å². The molecule has 2 saturated heterocycles. The van der Waals surface area contributed by atoms with Crippen LogP contribution in [0.4, 0.5) is 18.0 Å². The molecule has 3 aliphatic rings. The van der Waals surface area contributed by atoms with Gasteiger partial charge in [0.1, 0.15) is 30.2 Å². The predicted octanol–water partition coefficient (Wildman–Crippen LogP) is 4.16. The Morgan fingerprint density at radius 1 is 1.06 bits per heavy atom. The van der Waals surface area contributed by atoms with E-state index in [0.717, 1.165) is 28.7 Å². The van der Waals surface area contributed by atoms with Gasteiger partial charge in [-0.05, 0) is 48.9 Å². The van der Waals surface area contributed by atoms with Crippen LogP contribution in [-0.2, 0) is 30.4 Å². The maximum atomic E-state index is 15.2. The molecule has 3 aliphatic heterocycles. The molecule has 6 rings (SSSR count). The Kier molecular flexibility index (Phi) is 12.6. The molecule has 12 nitrogen and oxygen atoms in total. The summed E-state index contributed by atoms with van der Waals surface area (Å²) in [4.78, 5) is 57.7. The summed E-state index contributed by atoms with van der Waals surface area (Å²) >= 11 is 0. The van der Waals surface area contributed by atoms with Crippen LogP contribution >= 0.6 is 0 Å². The van der Waals surface area contributed by atoms with Crippen molar-refractivity contribution in [3.63, 3.8) is 0 Å². The van der Waals surface area contributed by atoms with E-state index in [0.29, 0.717) is 45.0 Å². The molecule has 3 atom stereocenters. The van der Waals surface area contributed by atoms with Crippen LogP contribution in [0.15, 0.2) is 66.9 Å². The number of imide groups is 1. The maximum absolute atomic E-state index is 15.2. The lowest BCUT2D eigenvalue weighted by Gasteiger charge is -2.39. The molecular formula is C38H43F3N6O6. The zero-order valence-corrected chi connectivity index (χ0v) is 29.2. The fourth-order valence-electron chi connectivity index (χ4n) is 7.02. The highest BCUT2D eigenvalue weighted by Crippen LogP contribution is 2.38. The number of hydrogen-bond acceptors (Lipinski definition) is 8. The van der Waals surface area contributed by atoms with E-state index in [1.54, 1.807) is 11.1 Å². The average Bonchev–Trinajstić information content (AvgIpc) is 3.86. The van der Waals surface area contributed by atoms with Gasteiger partial charge in [-0.15, -0.1) is 0 Å². The number of halogens is 3. The number of aromatic nitrogens is 2. The average molecular weight is 737 g/mol. The zero-order valence-electron chi connectivity index (χ0n) is 29.2. The van der Waals surface area contributed by atoms with Crippen LogP contribution in [0.1, 0.15) is 43.1 Å². The number of alkyl halides is 1. The van der Waals surface area contributed by atoms with Gasteiger partial charge in [0.05, 0.1) is 18.3 Å². The second-order valence-electron chi connectivity index (χ2n) is 13.4. The number of nitrogens with zero attached hydrogens (tertiary/aromatic N) is 4. The molecule has 1 aromatic heterocycles. The van der Waals surface area contributed by atoms with Gasteiger partial charge < -0.3 is 29.6 Å². The Bertz CT molecular complexity index is 1780. The molecule has 53 heavy (non-hydrogen) atoms. The van der Waals surface area contributed by atoms with Gasteiger partial charge in [-0.1, -0.05) is 30.3 Å². The third-order valence-electron chi connectivity index (χ3n) is 9.77. The number of urea groups is 1. The molecule has 2 N–H and O–H groups in total. The minimum atomic E-state index is -1.20. The SMILES string of the molecule is O=C(CCCN1C(=O)C=CC1=O)OCCNC(=O)N(C[C@@H]1CNC[C@@H]1F)[C@@H](c1nc(-c2cc(F)ccc2F)cn1Cc1ccccc1)C1CCOCC1. The van der Waals surface area contributed by atoms with Crippen LogP contribution in [0.2, 0.25) is 0 Å². The Morgan fingerprint density at radius 2 is 1.81 bits per heavy atom. The van der Waals surface area contributed by atoms with Crippen LogP contribution in [0.25, 0.3) is 11.3 Å². The first-order valence-electron chi connectivity index (χ1n) is 17.9. The van der Waals surface area contributed by atoms with Crippen molar-refractivity contribution in [1.29, 1.82) is 0 Å². The van der Waals surface area contributed by atoms with Crippen LogP contribution in [0.3, 0.4) is 0 Å². The number of amides is 4. The molecule has 0 bridgehead atoms. The van der Waals surface area contributed by atoms with Gasteiger partial charge in [0.15, 0.2) is 0 Å². The summed E-state index contributed by atoms with van der Waals surface area (Å²) in [5, 5.41) is 5.89. The first-order chi connectivity index (χ1) is 25.7. The van der Waals surface area contributed by atoms with Gasteiger partial charge >= 0.3 is 12.0 Å². The summed E-state index contributed by atoms with van der Waals surface area (Å²) in [5.74, 6) is -2.95. The minimum absolute atomic E-state index is 0.0271. The van der Waals surface area contributed by atoms with Crippen LogP contribution in [-0.4, -0.2) is 102 Å². The Hall–Kier alpha value is -5.02. The largest absolute Gasteiger partial charge is 0.464 e. The van der Waals surface area contributed by atoms with Gasteiger partial charge in [-0.25, -0.2) is 22.9 Å². The van der Waals surface area contributed by atoms with Crippen LogP contribution in [0.5, 0.6) is 0 Å². The predicted molar refractivity (Wildman–Crippen MR) is 187 cm³/mol. The Balaban J connectivity index is 1.25. The van der Waals surface area contributed by atoms with Gasteiger partial charge in [-0.3, -0.25) is 19.3 Å². The van der Waals surface area contributed by atoms with Crippen LogP contribution in [0, 0.1) is 23.5 Å². The lowest BCUT2D eigenvalue weighted by Crippen LogP contribution is -2.49. The number of benzene rings is 2. The van der Waals surface area contributed by atoms with Crippen molar-refractivity contribution in [2.45, 2.75) is 44.4 Å². The van der Waals surface area contributed by atoms with E-state index >= 15 is 8.78 Å². The number of imidazole rings is 1. The normalized spacial score (nSPS) is 19.5. The molecule has 2 fully saturated rings. The first kappa shape index (κ1) is 37.7. The number of esters is 1. The maximum Gasteiger partial charge on any atom is 0.318 e. The molecule has 0 saturated carbocycles. The van der Waals surface area contributed by atoms with E-state index in [4.69, 9.17) is 14.5 Å². The van der Waals surface area contributed by atoms with E-state index in [-0.39, 0.29) is 62.8 Å². The van der Waals surface area contributed by atoms with E-state index in [2.05, 4.69) is 10.6 Å². The van der Waals surface area contributed by atoms with Crippen LogP contribution < -0.4 is 10.6 Å². The minimum Gasteiger partial charge on any atom is -0.464 e. The van der Waals surface area contributed by atoms with Gasteiger partial charge in [0.2, 0.25) is 0 Å². The molecule has 4 amide bonds. The molecule has 0 unspecified atom stereocenters. The zero-order chi connectivity index (χ0) is 37.3. The fraction of sp³-hybridized carbons (Fsp3) is 0.447. The smallest absolute Gasteiger partial charge is 0.318 e. The lowest BCUT2D eigenvalue weighted by atomic mass is 9.89. The van der Waals surface area contributed by atoms with E-state index in [1.165, 1.54) is 12.2 Å². The standard InChI is InChI=1S/C38H43F3N6O6/c39-28-8-9-30(40)29(19-28)32-24-45(22-25-5-2-1-3-6-25)37(44-32)36(26-12-16-52-17-13-26)47(23-27-20-42-21-31(27)41)38(51)43-14-18-53-35(50)7-4-15-46-33(48)10-11-34(46)49/h1-3,5-6,8-11,19,24,26-27,31,36,42H,4,7,12-18,20-23H2,(H,43,51)/t27-,31-,36+/m0/s1. The topological polar surface area (TPSA) is 135 Å². The van der Waals surface area contributed by atoms with E-state index in [1.807, 2.05) is 34.9 Å². The summed E-state index contributed by atoms with van der Waals surface area (Å²) in [6.45, 7) is 1.62. The third kappa shape index (κ3) is 9.51. The van der Waals surface area contributed by atoms with Crippen molar-refractivity contribution in [2.24, 2.45) is 11.8 Å². The molecular weight excluding hydrogens is 693 g/mol. The molecule has 3 aromatic rings. The summed E-state index contributed by atoms with van der Waals surface area (Å²) in [6, 6.07) is 11.5. The second-order valence-corrected chi connectivity index (χ2v) is 13.4. The molecule has 15 heteroatoms. The molecule has 0 spiro atoms. The summed E-state index contributed by atoms with van der Waals surface area (Å²) in [7, 11) is 0. The third-order valence-corrected chi connectivity index (χ3v) is 9.77. The summed E-state index contributed by atoms with van der Waals surface area (Å²) in [6.07, 6.45) is 4.14. The van der Waals surface area contributed by atoms with E-state index < -0.39 is 53.6 Å². The quantitative estimate of drug-likeness (QED) is 0.135. The lowest BCUT2D eigenvalue weighted by molar-refractivity contribution is -0.144. The number of carbonyl (C=O) groups excluding carboxylic acids is 4. The van der Waals surface area contributed by atoms with Gasteiger partial charge in [0, 0.05) is 82.2 Å². The van der Waals surface area contributed by atoms with Crippen molar-refractivity contribution in [2.75, 3.05) is 52.5 Å². The number of ether oxygens (including phenoxy) is 2. The highest BCUT2D eigenvalue weighted by molar-refractivity contribution is 6.12. The summed E-state index contributed by atoms with van der Waals surface area (Å²) in [5.41, 5.74) is 1.08. The monoisotopic (exact) mass is 736 g/mol. The fourth-order valence-corrected chi connectivity index (χ4v) is 7.02. The second kappa shape index (κ2) is 17.7.